The van der Waals surface area contributed by atoms with Crippen molar-refractivity contribution in [3.63, 3.8) is 0 Å². The summed E-state index contributed by atoms with van der Waals surface area (Å²) in [5.41, 5.74) is -0.461. The van der Waals surface area contributed by atoms with Gasteiger partial charge in [0, 0.05) is 12.0 Å². The number of hydrogen-bond acceptors (Lipinski definition) is 3. The summed E-state index contributed by atoms with van der Waals surface area (Å²) in [5.74, 6) is 2.41. The zero-order valence-corrected chi connectivity index (χ0v) is 6.80. The molecule has 0 unspecified atom stereocenters. The van der Waals surface area contributed by atoms with Crippen molar-refractivity contribution < 1.29 is 10.2 Å². The predicted molar refractivity (Wildman–Crippen MR) is 44.0 cm³/mol. The average Bonchev–Trinajstić information content (AvgIpc) is 2.05. The van der Waals surface area contributed by atoms with E-state index >= 15 is 0 Å². The Balaban J connectivity index is 3.62. The molecule has 3 heteroatoms. The van der Waals surface area contributed by atoms with E-state index in [1.165, 1.54) is 0 Å². The first-order valence-corrected chi connectivity index (χ1v) is 3.54. The normalized spacial score (nSPS) is 11.1. The Morgan fingerprint density at radius 2 is 2.00 bits per heavy atom. The van der Waals surface area contributed by atoms with Crippen LogP contribution >= 0.6 is 0 Å². The molecular formula is C8H15NO2. The number of terminal acetylenes is 1. The minimum Gasteiger partial charge on any atom is -0.396 e. The number of aliphatic hydroxyl groups is 2. The summed E-state index contributed by atoms with van der Waals surface area (Å²) >= 11 is 0. The first-order chi connectivity index (χ1) is 5.18. The van der Waals surface area contributed by atoms with E-state index in [0.717, 1.165) is 0 Å². The van der Waals surface area contributed by atoms with Gasteiger partial charge in [0.2, 0.25) is 0 Å². The van der Waals surface area contributed by atoms with Gasteiger partial charge in [-0.3, -0.25) is 0 Å². The van der Waals surface area contributed by atoms with Crippen LogP contribution in [-0.4, -0.2) is 36.5 Å². The van der Waals surface area contributed by atoms with Crippen molar-refractivity contribution in [3.8, 4) is 12.3 Å². The molecule has 0 aliphatic rings. The standard InChI is InChI=1S/C8H15NO2/c1-3-4-9-5-8(2,6-10)7-11/h1,9-11H,4-7H2,2H3. The topological polar surface area (TPSA) is 52.5 Å². The third-order valence-corrected chi connectivity index (χ3v) is 1.54. The summed E-state index contributed by atoms with van der Waals surface area (Å²) in [6.45, 7) is 2.71. The molecule has 0 saturated carbocycles. The molecular weight excluding hydrogens is 142 g/mol. The second-order valence-electron chi connectivity index (χ2n) is 2.93. The van der Waals surface area contributed by atoms with Crippen molar-refractivity contribution in [2.45, 2.75) is 6.92 Å². The molecule has 0 aliphatic heterocycles. The zero-order chi connectivity index (χ0) is 8.74. The fraction of sp³-hybridized carbons (Fsp3) is 0.750. The quantitative estimate of drug-likeness (QED) is 0.362. The molecule has 0 aromatic rings. The highest BCUT2D eigenvalue weighted by Gasteiger charge is 2.21. The van der Waals surface area contributed by atoms with Gasteiger partial charge < -0.3 is 15.5 Å². The number of rotatable bonds is 5. The highest BCUT2D eigenvalue weighted by atomic mass is 16.3. The highest BCUT2D eigenvalue weighted by Crippen LogP contribution is 2.11. The van der Waals surface area contributed by atoms with Crippen LogP contribution in [0.4, 0.5) is 0 Å². The van der Waals surface area contributed by atoms with Crippen LogP contribution in [0.25, 0.3) is 0 Å². The highest BCUT2D eigenvalue weighted by molar-refractivity contribution is 4.88. The Kier molecular flexibility index (Phi) is 4.88. The van der Waals surface area contributed by atoms with Crippen molar-refractivity contribution in [2.24, 2.45) is 5.41 Å². The maximum absolute atomic E-state index is 8.83. The molecule has 0 aliphatic carbocycles. The van der Waals surface area contributed by atoms with Gasteiger partial charge in [0.25, 0.3) is 0 Å². The molecule has 3 nitrogen and oxygen atoms in total. The molecule has 0 spiro atoms. The van der Waals surface area contributed by atoms with Crippen LogP contribution in [0.3, 0.4) is 0 Å². The lowest BCUT2D eigenvalue weighted by Gasteiger charge is -2.24. The van der Waals surface area contributed by atoms with E-state index in [4.69, 9.17) is 16.6 Å². The molecule has 0 rings (SSSR count). The largest absolute Gasteiger partial charge is 0.396 e. The van der Waals surface area contributed by atoms with Gasteiger partial charge in [0.05, 0.1) is 19.8 Å². The predicted octanol–water partition coefficient (Wildman–Crippen LogP) is -0.800. The van der Waals surface area contributed by atoms with E-state index in [2.05, 4.69) is 11.2 Å². The summed E-state index contributed by atoms with van der Waals surface area (Å²) in [6, 6.07) is 0. The summed E-state index contributed by atoms with van der Waals surface area (Å²) in [6.07, 6.45) is 5.00. The van der Waals surface area contributed by atoms with Crippen molar-refractivity contribution >= 4 is 0 Å². The minimum atomic E-state index is -0.461. The van der Waals surface area contributed by atoms with E-state index in [1.54, 1.807) is 6.92 Å². The maximum Gasteiger partial charge on any atom is 0.0574 e. The number of nitrogens with one attached hydrogen (secondary N) is 1. The lowest BCUT2D eigenvalue weighted by atomic mass is 9.93. The first kappa shape index (κ1) is 10.4. The van der Waals surface area contributed by atoms with Crippen molar-refractivity contribution in [3.05, 3.63) is 0 Å². The third kappa shape index (κ3) is 3.99. The van der Waals surface area contributed by atoms with E-state index < -0.39 is 5.41 Å². The average molecular weight is 157 g/mol. The van der Waals surface area contributed by atoms with E-state index in [1.807, 2.05) is 0 Å². The molecule has 0 bridgehead atoms. The Morgan fingerprint density at radius 1 is 1.45 bits per heavy atom. The zero-order valence-electron chi connectivity index (χ0n) is 6.80. The van der Waals surface area contributed by atoms with Gasteiger partial charge in [-0.25, -0.2) is 0 Å². The van der Waals surface area contributed by atoms with Gasteiger partial charge in [0.15, 0.2) is 0 Å². The Hall–Kier alpha value is -0.560. The molecule has 0 amide bonds. The van der Waals surface area contributed by atoms with Crippen LogP contribution in [0.5, 0.6) is 0 Å². The summed E-state index contributed by atoms with van der Waals surface area (Å²) < 4.78 is 0. The summed E-state index contributed by atoms with van der Waals surface area (Å²) in [4.78, 5) is 0. The Labute approximate surface area is 67.4 Å². The second kappa shape index (κ2) is 5.14. The molecule has 0 heterocycles. The first-order valence-electron chi connectivity index (χ1n) is 3.54. The van der Waals surface area contributed by atoms with Gasteiger partial charge in [-0.05, 0) is 0 Å². The molecule has 0 atom stereocenters. The number of aliphatic hydroxyl groups excluding tert-OH is 2. The lowest BCUT2D eigenvalue weighted by Crippen LogP contribution is -2.37. The molecule has 3 N–H and O–H groups in total. The molecule has 0 aromatic heterocycles. The minimum absolute atomic E-state index is 0.0406. The van der Waals surface area contributed by atoms with Crippen LogP contribution in [0, 0.1) is 17.8 Å². The molecule has 0 radical (unpaired) electrons. The van der Waals surface area contributed by atoms with Gasteiger partial charge in [-0.2, -0.15) is 0 Å². The van der Waals surface area contributed by atoms with Gasteiger partial charge in [-0.1, -0.05) is 12.8 Å². The van der Waals surface area contributed by atoms with Crippen LogP contribution in [-0.2, 0) is 0 Å². The van der Waals surface area contributed by atoms with Crippen LogP contribution in [0.1, 0.15) is 6.92 Å². The summed E-state index contributed by atoms with van der Waals surface area (Å²) in [5, 5.41) is 20.6. The fourth-order valence-corrected chi connectivity index (χ4v) is 0.598. The molecule has 0 fully saturated rings. The van der Waals surface area contributed by atoms with Crippen molar-refractivity contribution in [1.82, 2.24) is 5.32 Å². The van der Waals surface area contributed by atoms with Crippen LogP contribution in [0.15, 0.2) is 0 Å². The lowest BCUT2D eigenvalue weighted by molar-refractivity contribution is 0.0707. The third-order valence-electron chi connectivity index (χ3n) is 1.54. The van der Waals surface area contributed by atoms with E-state index in [9.17, 15) is 0 Å². The van der Waals surface area contributed by atoms with Crippen LogP contribution in [0.2, 0.25) is 0 Å². The van der Waals surface area contributed by atoms with E-state index in [0.29, 0.717) is 13.1 Å². The molecule has 0 aromatic carbocycles. The fourth-order valence-electron chi connectivity index (χ4n) is 0.598. The maximum atomic E-state index is 8.83. The number of hydrogen-bond donors (Lipinski definition) is 3. The van der Waals surface area contributed by atoms with E-state index in [-0.39, 0.29) is 13.2 Å². The van der Waals surface area contributed by atoms with Crippen molar-refractivity contribution in [1.29, 1.82) is 0 Å². The van der Waals surface area contributed by atoms with Crippen LogP contribution < -0.4 is 5.32 Å². The Bertz CT molecular complexity index is 136. The molecule has 64 valence electrons. The summed E-state index contributed by atoms with van der Waals surface area (Å²) in [7, 11) is 0. The Morgan fingerprint density at radius 3 is 2.36 bits per heavy atom. The monoisotopic (exact) mass is 157 g/mol. The second-order valence-corrected chi connectivity index (χ2v) is 2.93. The van der Waals surface area contributed by atoms with Gasteiger partial charge in [0.1, 0.15) is 0 Å². The van der Waals surface area contributed by atoms with Crippen molar-refractivity contribution in [2.75, 3.05) is 26.3 Å². The van der Waals surface area contributed by atoms with Gasteiger partial charge >= 0.3 is 0 Å². The molecule has 0 saturated heterocycles. The smallest absolute Gasteiger partial charge is 0.0574 e. The van der Waals surface area contributed by atoms with Gasteiger partial charge in [-0.15, -0.1) is 6.42 Å². The SMILES string of the molecule is C#CCNCC(C)(CO)CO. The molecule has 11 heavy (non-hydrogen) atoms.